The van der Waals surface area contributed by atoms with Gasteiger partial charge in [-0.3, -0.25) is 9.59 Å². The van der Waals surface area contributed by atoms with Gasteiger partial charge in [0.25, 0.3) is 0 Å². The summed E-state index contributed by atoms with van der Waals surface area (Å²) in [6.45, 7) is 11.5. The number of ether oxygens (including phenoxy) is 1. The summed E-state index contributed by atoms with van der Waals surface area (Å²) >= 11 is 0. The fourth-order valence-electron chi connectivity index (χ4n) is 9.60. The maximum atomic E-state index is 12.5. The zero-order valence-electron chi connectivity index (χ0n) is 24.5. The van der Waals surface area contributed by atoms with Gasteiger partial charge in [0.1, 0.15) is 6.10 Å². The van der Waals surface area contributed by atoms with Crippen LogP contribution in [-0.4, -0.2) is 35.7 Å². The molecule has 0 bridgehead atoms. The second-order valence-electron chi connectivity index (χ2n) is 13.9. The summed E-state index contributed by atoms with van der Waals surface area (Å²) in [6, 6.07) is 2.07. The third-order valence-electron chi connectivity index (χ3n) is 12.2. The number of fused-ring (bicyclic) bond motifs is 5. The average Bonchev–Trinajstić information content (AvgIpc) is 3.26. The van der Waals surface area contributed by atoms with Crippen LogP contribution in [0.3, 0.4) is 0 Å². The molecule has 6 nitrogen and oxygen atoms in total. The number of carbonyl (C=O) groups is 2. The molecule has 0 aromatic carbocycles. The van der Waals surface area contributed by atoms with Crippen molar-refractivity contribution in [3.8, 4) is 6.07 Å². The lowest BCUT2D eigenvalue weighted by Gasteiger charge is -2.62. The number of aliphatic hydroxyl groups excluding tert-OH is 1. The number of hydrogen-bond donors (Lipinski definition) is 2. The van der Waals surface area contributed by atoms with Crippen molar-refractivity contribution in [2.45, 2.75) is 124 Å². The van der Waals surface area contributed by atoms with E-state index in [4.69, 9.17) is 10.00 Å². The first kappa shape index (κ1) is 29.4. The van der Waals surface area contributed by atoms with Crippen molar-refractivity contribution in [3.05, 3.63) is 0 Å². The van der Waals surface area contributed by atoms with E-state index < -0.39 is 0 Å². The van der Waals surface area contributed by atoms with Gasteiger partial charge in [0.15, 0.2) is 0 Å². The molecule has 11 atom stereocenters. The predicted octanol–water partition coefficient (Wildman–Crippen LogP) is 6.02. The standard InChI is InChI=1S/C32H52N2O4/c1-6-20(2)30(37)38-23-14-15-31(4)22(18-23)9-10-24-26-12-11-25(32(26,5)28(35)19-27(24)31)21(3)8-13-29(36)34-17-7-16-33/h20-28,35H,6-15,17-19H2,1-5H3,(H,34,36). The van der Waals surface area contributed by atoms with E-state index in [0.29, 0.717) is 54.9 Å². The third kappa shape index (κ3) is 5.38. The number of aliphatic hydroxyl groups is 1. The molecule has 0 aromatic heterocycles. The summed E-state index contributed by atoms with van der Waals surface area (Å²) in [6.07, 6.45) is 10.9. The van der Waals surface area contributed by atoms with Gasteiger partial charge in [-0.2, -0.15) is 5.26 Å². The van der Waals surface area contributed by atoms with Crippen LogP contribution in [-0.2, 0) is 14.3 Å². The smallest absolute Gasteiger partial charge is 0.308 e. The van der Waals surface area contributed by atoms with Crippen LogP contribution in [0.5, 0.6) is 0 Å². The summed E-state index contributed by atoms with van der Waals surface area (Å²) in [5, 5.41) is 23.4. The number of amides is 1. The quantitative estimate of drug-likeness (QED) is 0.282. The molecule has 214 valence electrons. The Bertz CT molecular complexity index is 900. The van der Waals surface area contributed by atoms with Crippen molar-refractivity contribution in [3.63, 3.8) is 0 Å². The van der Waals surface area contributed by atoms with Crippen LogP contribution in [0, 0.1) is 63.6 Å². The Hall–Kier alpha value is -1.61. The van der Waals surface area contributed by atoms with Crippen LogP contribution in [0.2, 0.25) is 0 Å². The van der Waals surface area contributed by atoms with E-state index >= 15 is 0 Å². The fraction of sp³-hybridized carbons (Fsp3) is 0.906. The molecule has 2 N–H and O–H groups in total. The highest BCUT2D eigenvalue weighted by atomic mass is 16.5. The fourth-order valence-corrected chi connectivity index (χ4v) is 9.60. The van der Waals surface area contributed by atoms with Crippen molar-refractivity contribution >= 4 is 11.9 Å². The van der Waals surface area contributed by atoms with E-state index in [1.807, 2.05) is 13.8 Å². The van der Waals surface area contributed by atoms with Crippen molar-refractivity contribution in [2.75, 3.05) is 6.54 Å². The first-order valence-corrected chi connectivity index (χ1v) is 15.6. The molecule has 4 aliphatic rings. The first-order valence-electron chi connectivity index (χ1n) is 15.6. The predicted molar refractivity (Wildman–Crippen MR) is 148 cm³/mol. The van der Waals surface area contributed by atoms with Gasteiger partial charge in [0.2, 0.25) is 5.91 Å². The van der Waals surface area contributed by atoms with Crippen molar-refractivity contribution in [1.29, 1.82) is 5.26 Å². The van der Waals surface area contributed by atoms with Crippen LogP contribution in [0.25, 0.3) is 0 Å². The number of nitriles is 1. The van der Waals surface area contributed by atoms with Gasteiger partial charge < -0.3 is 15.2 Å². The summed E-state index contributed by atoms with van der Waals surface area (Å²) in [5.74, 6) is 3.12. The number of carbonyl (C=O) groups excluding carboxylic acids is 2. The van der Waals surface area contributed by atoms with E-state index in [1.165, 1.54) is 19.3 Å². The van der Waals surface area contributed by atoms with Crippen LogP contribution in [0.4, 0.5) is 0 Å². The highest BCUT2D eigenvalue weighted by molar-refractivity contribution is 5.75. The third-order valence-corrected chi connectivity index (χ3v) is 12.2. The van der Waals surface area contributed by atoms with Crippen molar-refractivity contribution in [2.24, 2.45) is 52.3 Å². The Morgan fingerprint density at radius 1 is 1.11 bits per heavy atom. The summed E-state index contributed by atoms with van der Waals surface area (Å²) in [7, 11) is 0. The molecule has 11 unspecified atom stereocenters. The molecule has 0 saturated heterocycles. The summed E-state index contributed by atoms with van der Waals surface area (Å²) in [4.78, 5) is 24.7. The normalized spacial score (nSPS) is 41.6. The van der Waals surface area contributed by atoms with Crippen LogP contribution >= 0.6 is 0 Å². The number of nitrogens with one attached hydrogen (secondary N) is 1. The van der Waals surface area contributed by atoms with Crippen LogP contribution in [0.15, 0.2) is 0 Å². The maximum absolute atomic E-state index is 12.5. The summed E-state index contributed by atoms with van der Waals surface area (Å²) in [5.41, 5.74) is 0.139. The maximum Gasteiger partial charge on any atom is 0.308 e. The Morgan fingerprint density at radius 2 is 1.87 bits per heavy atom. The molecule has 38 heavy (non-hydrogen) atoms. The van der Waals surface area contributed by atoms with Gasteiger partial charge in [0, 0.05) is 13.0 Å². The van der Waals surface area contributed by atoms with E-state index in [-0.39, 0.29) is 40.8 Å². The molecule has 4 rings (SSSR count). The van der Waals surface area contributed by atoms with Crippen LogP contribution < -0.4 is 5.32 Å². The average molecular weight is 529 g/mol. The van der Waals surface area contributed by atoms with E-state index in [2.05, 4.69) is 32.2 Å². The van der Waals surface area contributed by atoms with Gasteiger partial charge >= 0.3 is 5.97 Å². The minimum atomic E-state index is -0.301. The SMILES string of the molecule is CCC(C)C(=O)OC1CCC2(C)C(CCC3C2CC(O)C2(C)C(C(C)CCC(=O)NCCC#N)CCC32)C1. The van der Waals surface area contributed by atoms with Gasteiger partial charge in [-0.1, -0.05) is 34.6 Å². The highest BCUT2D eigenvalue weighted by Crippen LogP contribution is 2.68. The lowest BCUT2D eigenvalue weighted by Crippen LogP contribution is -2.59. The first-order chi connectivity index (χ1) is 18.1. The highest BCUT2D eigenvalue weighted by Gasteiger charge is 2.63. The lowest BCUT2D eigenvalue weighted by atomic mass is 9.43. The topological polar surface area (TPSA) is 99.4 Å². The molecular formula is C32H52N2O4. The molecular weight excluding hydrogens is 476 g/mol. The molecule has 0 aliphatic heterocycles. The molecule has 0 heterocycles. The van der Waals surface area contributed by atoms with Gasteiger partial charge in [-0.15, -0.1) is 0 Å². The van der Waals surface area contributed by atoms with E-state index in [9.17, 15) is 14.7 Å². The second-order valence-corrected chi connectivity index (χ2v) is 13.9. The lowest BCUT2D eigenvalue weighted by molar-refractivity contribution is -0.183. The van der Waals surface area contributed by atoms with Crippen LogP contribution in [0.1, 0.15) is 112 Å². The van der Waals surface area contributed by atoms with Crippen molar-refractivity contribution in [1.82, 2.24) is 5.32 Å². The number of nitrogens with zero attached hydrogens (tertiary/aromatic N) is 1. The van der Waals surface area contributed by atoms with Gasteiger partial charge in [0.05, 0.1) is 24.5 Å². The number of hydrogen-bond acceptors (Lipinski definition) is 5. The molecule has 6 heteroatoms. The Labute approximate surface area is 230 Å². The molecule has 0 spiro atoms. The zero-order chi connectivity index (χ0) is 27.7. The number of esters is 1. The summed E-state index contributed by atoms with van der Waals surface area (Å²) < 4.78 is 5.96. The van der Waals surface area contributed by atoms with Gasteiger partial charge in [-0.25, -0.2) is 0 Å². The van der Waals surface area contributed by atoms with E-state index in [1.54, 1.807) is 0 Å². The minimum Gasteiger partial charge on any atom is -0.462 e. The second kappa shape index (κ2) is 11.9. The molecule has 1 amide bonds. The zero-order valence-corrected chi connectivity index (χ0v) is 24.5. The molecule has 0 aromatic rings. The van der Waals surface area contributed by atoms with E-state index in [0.717, 1.165) is 44.9 Å². The van der Waals surface area contributed by atoms with Gasteiger partial charge in [-0.05, 0) is 111 Å². The molecule has 0 radical (unpaired) electrons. The molecule has 4 fully saturated rings. The Balaban J connectivity index is 1.40. The molecule has 4 aliphatic carbocycles. The number of rotatable bonds is 9. The Morgan fingerprint density at radius 3 is 2.58 bits per heavy atom. The Kier molecular flexibility index (Phi) is 9.17. The monoisotopic (exact) mass is 528 g/mol. The largest absolute Gasteiger partial charge is 0.462 e. The molecule has 4 saturated carbocycles. The minimum absolute atomic E-state index is 0.0270. The van der Waals surface area contributed by atoms with Crippen molar-refractivity contribution < 1.29 is 19.4 Å².